The van der Waals surface area contributed by atoms with Gasteiger partial charge in [0, 0.05) is 12.0 Å². The molecular formula is C13H14O5. The zero-order valence-electron chi connectivity index (χ0n) is 10.0. The maximum Gasteiger partial charge on any atom is 0.347 e. The number of methoxy groups -OCH3 is 1. The lowest BCUT2D eigenvalue weighted by atomic mass is 10.1. The number of benzene rings is 1. The summed E-state index contributed by atoms with van der Waals surface area (Å²) in [5.41, 5.74) is 0.733. The van der Waals surface area contributed by atoms with Gasteiger partial charge in [-0.25, -0.2) is 4.79 Å². The molecule has 5 heteroatoms. The van der Waals surface area contributed by atoms with Crippen LogP contribution in [0, 0.1) is 0 Å². The quantitative estimate of drug-likeness (QED) is 0.749. The molecule has 0 N–H and O–H groups in total. The second-order valence-corrected chi connectivity index (χ2v) is 3.92. The molecule has 0 aromatic heterocycles. The van der Waals surface area contributed by atoms with Gasteiger partial charge in [-0.3, -0.25) is 4.79 Å². The molecule has 1 fully saturated rings. The Morgan fingerprint density at radius 1 is 1.44 bits per heavy atom. The molecule has 1 saturated heterocycles. The summed E-state index contributed by atoms with van der Waals surface area (Å²) in [4.78, 5) is 22.9. The summed E-state index contributed by atoms with van der Waals surface area (Å²) >= 11 is 0. The van der Waals surface area contributed by atoms with E-state index in [1.807, 2.05) is 12.1 Å². The number of ether oxygens (including phenoxy) is 3. The zero-order valence-corrected chi connectivity index (χ0v) is 10.0. The van der Waals surface area contributed by atoms with Gasteiger partial charge in [0.1, 0.15) is 5.75 Å². The van der Waals surface area contributed by atoms with E-state index in [4.69, 9.17) is 14.2 Å². The maximum atomic E-state index is 11.7. The van der Waals surface area contributed by atoms with Crippen LogP contribution in [0.25, 0.3) is 0 Å². The van der Waals surface area contributed by atoms with E-state index in [0.717, 1.165) is 5.56 Å². The average Bonchev–Trinajstić information content (AvgIpc) is 2.75. The molecule has 1 heterocycles. The van der Waals surface area contributed by atoms with Crippen LogP contribution < -0.4 is 4.74 Å². The van der Waals surface area contributed by atoms with Crippen LogP contribution in [0.5, 0.6) is 5.75 Å². The number of carbonyl (C=O) groups is 2. The Balaban J connectivity index is 1.96. The highest BCUT2D eigenvalue weighted by atomic mass is 16.6. The Morgan fingerprint density at radius 2 is 2.22 bits per heavy atom. The lowest BCUT2D eigenvalue weighted by Gasteiger charge is -2.10. The summed E-state index contributed by atoms with van der Waals surface area (Å²) in [5.74, 6) is -0.296. The predicted octanol–water partition coefficient (Wildman–Crippen LogP) is 1.10. The summed E-state index contributed by atoms with van der Waals surface area (Å²) in [6, 6.07) is 7.19. The normalized spacial score (nSPS) is 18.3. The minimum atomic E-state index is -0.757. The summed E-state index contributed by atoms with van der Waals surface area (Å²) in [5, 5.41) is 0. The van der Waals surface area contributed by atoms with Crippen LogP contribution in [0.15, 0.2) is 24.3 Å². The van der Waals surface area contributed by atoms with Crippen molar-refractivity contribution in [2.75, 3.05) is 13.7 Å². The summed E-state index contributed by atoms with van der Waals surface area (Å²) in [6.07, 6.45) is -0.253. The molecule has 1 aliphatic heterocycles. The highest BCUT2D eigenvalue weighted by molar-refractivity contribution is 5.81. The Hall–Kier alpha value is -2.04. The zero-order chi connectivity index (χ0) is 13.0. The molecule has 0 bridgehead atoms. The fourth-order valence-electron chi connectivity index (χ4n) is 1.79. The monoisotopic (exact) mass is 250 g/mol. The number of hydrogen-bond donors (Lipinski definition) is 0. The molecule has 5 nitrogen and oxygen atoms in total. The van der Waals surface area contributed by atoms with Gasteiger partial charge in [-0.2, -0.15) is 0 Å². The smallest absolute Gasteiger partial charge is 0.347 e. The van der Waals surface area contributed by atoms with Gasteiger partial charge in [0.05, 0.1) is 20.1 Å². The van der Waals surface area contributed by atoms with Crippen LogP contribution in [0.1, 0.15) is 12.0 Å². The minimum Gasteiger partial charge on any atom is -0.496 e. The van der Waals surface area contributed by atoms with Gasteiger partial charge in [0.25, 0.3) is 0 Å². The van der Waals surface area contributed by atoms with Crippen molar-refractivity contribution in [3.05, 3.63) is 29.8 Å². The second-order valence-electron chi connectivity index (χ2n) is 3.92. The molecule has 0 amide bonds. The van der Waals surface area contributed by atoms with E-state index < -0.39 is 18.0 Å². The van der Waals surface area contributed by atoms with E-state index in [2.05, 4.69) is 0 Å². The summed E-state index contributed by atoms with van der Waals surface area (Å²) in [7, 11) is 1.54. The predicted molar refractivity (Wildman–Crippen MR) is 62.2 cm³/mol. The number of cyclic esters (lactones) is 1. The molecule has 96 valence electrons. The third-order valence-electron chi connectivity index (χ3n) is 2.69. The van der Waals surface area contributed by atoms with E-state index in [1.165, 1.54) is 0 Å². The van der Waals surface area contributed by atoms with Crippen molar-refractivity contribution in [3.8, 4) is 5.75 Å². The molecule has 18 heavy (non-hydrogen) atoms. The number of hydrogen-bond acceptors (Lipinski definition) is 5. The third-order valence-corrected chi connectivity index (χ3v) is 2.69. The molecular weight excluding hydrogens is 236 g/mol. The first kappa shape index (κ1) is 12.4. The number of para-hydroxylation sites is 1. The van der Waals surface area contributed by atoms with Gasteiger partial charge in [-0.1, -0.05) is 18.2 Å². The first-order chi connectivity index (χ1) is 8.70. The highest BCUT2D eigenvalue weighted by Crippen LogP contribution is 2.19. The topological polar surface area (TPSA) is 61.8 Å². The summed E-state index contributed by atoms with van der Waals surface area (Å²) in [6.45, 7) is 0.311. The van der Waals surface area contributed by atoms with Crippen LogP contribution in [-0.4, -0.2) is 31.8 Å². The van der Waals surface area contributed by atoms with Crippen LogP contribution in [-0.2, 0) is 25.5 Å². The van der Waals surface area contributed by atoms with Crippen LogP contribution in [0.4, 0.5) is 0 Å². The first-order valence-electron chi connectivity index (χ1n) is 5.68. The van der Waals surface area contributed by atoms with Crippen molar-refractivity contribution in [3.63, 3.8) is 0 Å². The van der Waals surface area contributed by atoms with E-state index >= 15 is 0 Å². The van der Waals surface area contributed by atoms with Crippen molar-refractivity contribution >= 4 is 11.9 Å². The Kier molecular flexibility index (Phi) is 3.82. The Bertz CT molecular complexity index is 454. The van der Waals surface area contributed by atoms with Crippen molar-refractivity contribution < 1.29 is 23.8 Å². The van der Waals surface area contributed by atoms with Crippen LogP contribution in [0.2, 0.25) is 0 Å². The van der Waals surface area contributed by atoms with Gasteiger partial charge in [-0.05, 0) is 6.07 Å². The fraction of sp³-hybridized carbons (Fsp3) is 0.385. The number of rotatable bonds is 4. The number of carbonyl (C=O) groups excluding carboxylic acids is 2. The SMILES string of the molecule is COc1ccccc1CC(=O)OC1CCOC1=O. The largest absolute Gasteiger partial charge is 0.496 e. The van der Waals surface area contributed by atoms with Gasteiger partial charge in [0.15, 0.2) is 0 Å². The van der Waals surface area contributed by atoms with Crippen molar-refractivity contribution in [1.82, 2.24) is 0 Å². The van der Waals surface area contributed by atoms with E-state index in [1.54, 1.807) is 19.2 Å². The van der Waals surface area contributed by atoms with Crippen molar-refractivity contribution in [2.45, 2.75) is 18.9 Å². The maximum absolute atomic E-state index is 11.7. The fourth-order valence-corrected chi connectivity index (χ4v) is 1.79. The third kappa shape index (κ3) is 2.80. The second kappa shape index (κ2) is 5.53. The Labute approximate surface area is 105 Å². The molecule has 1 aromatic carbocycles. The van der Waals surface area contributed by atoms with Gasteiger partial charge < -0.3 is 14.2 Å². The minimum absolute atomic E-state index is 0.0772. The van der Waals surface area contributed by atoms with Crippen molar-refractivity contribution in [2.24, 2.45) is 0 Å². The molecule has 0 saturated carbocycles. The molecule has 2 rings (SSSR count). The molecule has 0 spiro atoms. The standard InChI is InChI=1S/C13H14O5/c1-16-10-5-3-2-4-9(10)8-12(14)18-11-6-7-17-13(11)15/h2-5,11H,6-8H2,1H3. The molecule has 1 unspecified atom stereocenters. The van der Waals surface area contributed by atoms with E-state index in [-0.39, 0.29) is 6.42 Å². The Morgan fingerprint density at radius 3 is 2.89 bits per heavy atom. The molecule has 1 atom stereocenters. The molecule has 0 radical (unpaired) electrons. The molecule has 1 aliphatic rings. The number of esters is 2. The molecule has 1 aromatic rings. The lowest BCUT2D eigenvalue weighted by Crippen LogP contribution is -2.23. The van der Waals surface area contributed by atoms with Crippen LogP contribution >= 0.6 is 0 Å². The summed E-state index contributed by atoms with van der Waals surface area (Å²) < 4.78 is 14.9. The van der Waals surface area contributed by atoms with Gasteiger partial charge in [0.2, 0.25) is 6.10 Å². The lowest BCUT2D eigenvalue weighted by molar-refractivity contribution is -0.159. The van der Waals surface area contributed by atoms with Gasteiger partial charge >= 0.3 is 11.9 Å². The molecule has 0 aliphatic carbocycles. The van der Waals surface area contributed by atoms with Crippen LogP contribution in [0.3, 0.4) is 0 Å². The van der Waals surface area contributed by atoms with Gasteiger partial charge in [-0.15, -0.1) is 0 Å². The van der Waals surface area contributed by atoms with Crippen molar-refractivity contribution in [1.29, 1.82) is 0 Å². The highest BCUT2D eigenvalue weighted by Gasteiger charge is 2.30. The van der Waals surface area contributed by atoms with E-state index in [0.29, 0.717) is 18.8 Å². The first-order valence-corrected chi connectivity index (χ1v) is 5.68. The van der Waals surface area contributed by atoms with E-state index in [9.17, 15) is 9.59 Å². The average molecular weight is 250 g/mol.